The van der Waals surface area contributed by atoms with Crippen molar-refractivity contribution < 1.29 is 17.6 Å². The molecule has 2 rings (SSSR count). The number of rotatable bonds is 3. The van der Waals surface area contributed by atoms with Gasteiger partial charge >= 0.3 is 6.18 Å². The number of alkyl halides is 3. The van der Waals surface area contributed by atoms with Crippen LogP contribution in [0.1, 0.15) is 24.1 Å². The molecule has 0 saturated carbocycles. The lowest BCUT2D eigenvalue weighted by molar-refractivity contribution is -0.137. The van der Waals surface area contributed by atoms with Crippen molar-refractivity contribution in [3.8, 4) is 0 Å². The summed E-state index contributed by atoms with van der Waals surface area (Å²) >= 11 is 3.02. The van der Waals surface area contributed by atoms with Gasteiger partial charge < -0.3 is 5.32 Å². The van der Waals surface area contributed by atoms with E-state index in [1.807, 2.05) is 0 Å². The van der Waals surface area contributed by atoms with E-state index in [0.29, 0.717) is 10.0 Å². The quantitative estimate of drug-likeness (QED) is 0.683. The maximum atomic E-state index is 13.7. The van der Waals surface area contributed by atoms with E-state index < -0.39 is 23.6 Å². The molecule has 1 nitrogen and oxygen atoms in total. The van der Waals surface area contributed by atoms with Gasteiger partial charge in [0.05, 0.1) is 11.6 Å². The zero-order valence-electron chi connectivity index (χ0n) is 11.0. The predicted molar refractivity (Wildman–Crippen MR) is 77.6 cm³/mol. The standard InChI is InChI=1S/C15H12BrF4N/c1-9(11-4-2-3-5-13(11)17)21-14-7-6-10(16)8-12(14)15(18,19)20/h2-9,21H,1H3. The monoisotopic (exact) mass is 361 g/mol. The van der Waals surface area contributed by atoms with Gasteiger partial charge in [-0.3, -0.25) is 0 Å². The van der Waals surface area contributed by atoms with Gasteiger partial charge in [0.15, 0.2) is 0 Å². The second-order valence-corrected chi connectivity index (χ2v) is 5.49. The van der Waals surface area contributed by atoms with E-state index in [1.165, 1.54) is 24.3 Å². The van der Waals surface area contributed by atoms with Crippen LogP contribution in [-0.2, 0) is 6.18 Å². The van der Waals surface area contributed by atoms with E-state index in [9.17, 15) is 17.6 Å². The lowest BCUT2D eigenvalue weighted by Gasteiger charge is -2.20. The Morgan fingerprint density at radius 2 is 1.76 bits per heavy atom. The van der Waals surface area contributed by atoms with E-state index in [1.54, 1.807) is 19.1 Å². The summed E-state index contributed by atoms with van der Waals surface area (Å²) in [5, 5.41) is 2.72. The molecule has 0 heterocycles. The van der Waals surface area contributed by atoms with Crippen LogP contribution in [0.15, 0.2) is 46.9 Å². The van der Waals surface area contributed by atoms with Crippen LogP contribution in [0.5, 0.6) is 0 Å². The molecule has 2 aromatic rings. The van der Waals surface area contributed by atoms with Gasteiger partial charge in [0.25, 0.3) is 0 Å². The fraction of sp³-hybridized carbons (Fsp3) is 0.200. The van der Waals surface area contributed by atoms with Crippen LogP contribution in [0.4, 0.5) is 23.2 Å². The maximum absolute atomic E-state index is 13.7. The third-order valence-corrected chi connectivity index (χ3v) is 3.52. The first-order valence-electron chi connectivity index (χ1n) is 6.16. The number of hydrogen-bond acceptors (Lipinski definition) is 1. The number of hydrogen-bond donors (Lipinski definition) is 1. The SMILES string of the molecule is CC(Nc1ccc(Br)cc1C(F)(F)F)c1ccccc1F. The van der Waals surface area contributed by atoms with Crippen LogP contribution in [0.25, 0.3) is 0 Å². The van der Waals surface area contributed by atoms with Gasteiger partial charge in [0.2, 0.25) is 0 Å². The van der Waals surface area contributed by atoms with Gasteiger partial charge in [-0.25, -0.2) is 4.39 Å². The van der Waals surface area contributed by atoms with E-state index in [-0.39, 0.29) is 5.69 Å². The Bertz CT molecular complexity index is 640. The Labute approximate surface area is 128 Å². The molecule has 1 N–H and O–H groups in total. The van der Waals surface area contributed by atoms with Crippen molar-refractivity contribution in [1.29, 1.82) is 0 Å². The van der Waals surface area contributed by atoms with Gasteiger partial charge in [0, 0.05) is 15.7 Å². The highest BCUT2D eigenvalue weighted by molar-refractivity contribution is 9.10. The Hall–Kier alpha value is -1.56. The van der Waals surface area contributed by atoms with Crippen LogP contribution in [-0.4, -0.2) is 0 Å². The van der Waals surface area contributed by atoms with Gasteiger partial charge in [-0.15, -0.1) is 0 Å². The molecule has 0 bridgehead atoms. The van der Waals surface area contributed by atoms with Gasteiger partial charge in [-0.2, -0.15) is 13.2 Å². The fourth-order valence-electron chi connectivity index (χ4n) is 2.01. The first-order valence-corrected chi connectivity index (χ1v) is 6.96. The molecule has 0 aliphatic rings. The molecular formula is C15H12BrF4N. The van der Waals surface area contributed by atoms with E-state index in [0.717, 1.165) is 6.07 Å². The zero-order valence-corrected chi connectivity index (χ0v) is 12.6. The van der Waals surface area contributed by atoms with E-state index in [4.69, 9.17) is 0 Å². The normalized spacial score (nSPS) is 13.0. The molecular weight excluding hydrogens is 350 g/mol. The molecule has 0 aromatic heterocycles. The predicted octanol–water partition coefficient (Wildman–Crippen LogP) is 5.78. The zero-order chi connectivity index (χ0) is 15.6. The van der Waals surface area contributed by atoms with Crippen molar-refractivity contribution in [2.24, 2.45) is 0 Å². The van der Waals surface area contributed by atoms with Crippen LogP contribution in [0, 0.1) is 5.82 Å². The van der Waals surface area contributed by atoms with Crippen LogP contribution >= 0.6 is 15.9 Å². The molecule has 0 amide bonds. The summed E-state index contributed by atoms with van der Waals surface area (Å²) in [6, 6.07) is 9.23. The smallest absolute Gasteiger partial charge is 0.378 e. The number of halogens is 5. The van der Waals surface area contributed by atoms with Crippen molar-refractivity contribution in [1.82, 2.24) is 0 Å². The average Bonchev–Trinajstić information content (AvgIpc) is 2.40. The Morgan fingerprint density at radius 3 is 2.38 bits per heavy atom. The summed E-state index contributed by atoms with van der Waals surface area (Å²) in [7, 11) is 0. The molecule has 112 valence electrons. The minimum Gasteiger partial charge on any atom is -0.378 e. The first-order chi connectivity index (χ1) is 9.79. The number of anilines is 1. The molecule has 0 aliphatic heterocycles. The highest BCUT2D eigenvalue weighted by atomic mass is 79.9. The van der Waals surface area contributed by atoms with Crippen molar-refractivity contribution in [3.05, 3.63) is 63.9 Å². The van der Waals surface area contributed by atoms with E-state index >= 15 is 0 Å². The van der Waals surface area contributed by atoms with Gasteiger partial charge in [0.1, 0.15) is 5.82 Å². The molecule has 6 heteroatoms. The largest absolute Gasteiger partial charge is 0.418 e. The molecule has 2 aromatic carbocycles. The van der Waals surface area contributed by atoms with Crippen molar-refractivity contribution in [3.63, 3.8) is 0 Å². The van der Waals surface area contributed by atoms with Crippen LogP contribution < -0.4 is 5.32 Å². The maximum Gasteiger partial charge on any atom is 0.418 e. The van der Waals surface area contributed by atoms with Gasteiger partial charge in [-0.1, -0.05) is 34.1 Å². The van der Waals surface area contributed by atoms with Gasteiger partial charge in [-0.05, 0) is 31.2 Å². The second kappa shape index (κ2) is 6.05. The lowest BCUT2D eigenvalue weighted by atomic mass is 10.1. The molecule has 0 aliphatic carbocycles. The summed E-state index contributed by atoms with van der Waals surface area (Å²) in [4.78, 5) is 0. The highest BCUT2D eigenvalue weighted by Gasteiger charge is 2.34. The third kappa shape index (κ3) is 3.75. The van der Waals surface area contributed by atoms with Crippen molar-refractivity contribution in [2.45, 2.75) is 19.1 Å². The minimum absolute atomic E-state index is 0.0820. The molecule has 1 atom stereocenters. The van der Waals surface area contributed by atoms with E-state index in [2.05, 4.69) is 21.2 Å². The Morgan fingerprint density at radius 1 is 1.10 bits per heavy atom. The summed E-state index contributed by atoms with van der Waals surface area (Å²) in [6.07, 6.45) is -4.49. The van der Waals surface area contributed by atoms with Crippen molar-refractivity contribution >= 4 is 21.6 Å². The third-order valence-electron chi connectivity index (χ3n) is 3.03. The summed E-state index contributed by atoms with van der Waals surface area (Å²) in [5.74, 6) is -0.455. The average molecular weight is 362 g/mol. The van der Waals surface area contributed by atoms with Crippen molar-refractivity contribution in [2.75, 3.05) is 5.32 Å². The first kappa shape index (κ1) is 15.8. The molecule has 1 unspecified atom stereocenters. The van der Waals surface area contributed by atoms with Crippen LogP contribution in [0.3, 0.4) is 0 Å². The Balaban J connectivity index is 2.34. The highest BCUT2D eigenvalue weighted by Crippen LogP contribution is 2.37. The summed E-state index contributed by atoms with van der Waals surface area (Å²) < 4.78 is 53.1. The summed E-state index contributed by atoms with van der Waals surface area (Å²) in [6.45, 7) is 1.61. The minimum atomic E-state index is -4.49. The lowest BCUT2D eigenvalue weighted by Crippen LogP contribution is -2.14. The molecule has 21 heavy (non-hydrogen) atoms. The molecule has 0 spiro atoms. The molecule has 0 radical (unpaired) electrons. The topological polar surface area (TPSA) is 12.0 Å². The number of nitrogens with one attached hydrogen (secondary N) is 1. The summed E-state index contributed by atoms with van der Waals surface area (Å²) in [5.41, 5.74) is -0.560. The second-order valence-electron chi connectivity index (χ2n) is 4.58. The van der Waals surface area contributed by atoms with Crippen LogP contribution in [0.2, 0.25) is 0 Å². The fourth-order valence-corrected chi connectivity index (χ4v) is 2.38. The molecule has 0 saturated heterocycles. The Kier molecular flexibility index (Phi) is 4.56. The number of benzene rings is 2. The molecule has 0 fully saturated rings.